The van der Waals surface area contributed by atoms with Crippen molar-refractivity contribution in [3.63, 3.8) is 0 Å². The molecule has 0 radical (unpaired) electrons. The molecule has 13 nitrogen and oxygen atoms in total. The molecule has 0 aliphatic heterocycles. The number of carbonyl (C=O) groups excluding carboxylic acids is 3. The molecule has 0 aromatic heterocycles. The summed E-state index contributed by atoms with van der Waals surface area (Å²) in [5, 5.41) is 25.2. The number of amides is 3. The third-order valence-electron chi connectivity index (χ3n) is 3.59. The van der Waals surface area contributed by atoms with Crippen LogP contribution in [0.15, 0.2) is 4.99 Å². The average Bonchev–Trinajstić information content (AvgIpc) is 2.64. The molecular weight excluding hydrogens is 406 g/mol. The minimum atomic E-state index is -1.43. The first-order chi connectivity index (χ1) is 13.5. The Kier molecular flexibility index (Phi) is 12.4. The number of aliphatic imine (C=N–C) groups is 1. The SMILES string of the molecule is CC(O)C(NC(=O)C(CCCN=C(N)N)NC(=O)C(N)CS)C(=O)NCC(=O)O. The summed E-state index contributed by atoms with van der Waals surface area (Å²) in [5.41, 5.74) is 16.0. The zero-order valence-electron chi connectivity index (χ0n) is 16.0. The Bertz CT molecular complexity index is 612. The molecule has 4 atom stereocenters. The van der Waals surface area contributed by atoms with Crippen LogP contribution in [0, 0.1) is 0 Å². The standard InChI is InChI=1S/C15H29N7O6S/c1-7(23)11(14(28)20-5-10(24)25)22-13(27)9(3-2-4-19-15(17)18)21-12(26)8(16)6-29/h7-9,11,23,29H,2-6,16H2,1H3,(H,20,28)(H,21,26)(H,22,27)(H,24,25)(H4,17,18,19). The maximum atomic E-state index is 12.6. The third-order valence-corrected chi connectivity index (χ3v) is 3.98. The van der Waals surface area contributed by atoms with E-state index in [0.29, 0.717) is 6.42 Å². The van der Waals surface area contributed by atoms with Crippen molar-refractivity contribution in [3.8, 4) is 0 Å². The van der Waals surface area contributed by atoms with Crippen molar-refractivity contribution < 1.29 is 29.4 Å². The second-order valence-electron chi connectivity index (χ2n) is 6.14. The van der Waals surface area contributed by atoms with Gasteiger partial charge in [-0.3, -0.25) is 24.2 Å². The van der Waals surface area contributed by atoms with Gasteiger partial charge in [-0.25, -0.2) is 0 Å². The van der Waals surface area contributed by atoms with Gasteiger partial charge in [-0.2, -0.15) is 12.6 Å². The van der Waals surface area contributed by atoms with Crippen LogP contribution in [-0.2, 0) is 19.2 Å². The highest BCUT2D eigenvalue weighted by atomic mass is 32.1. The summed E-state index contributed by atoms with van der Waals surface area (Å²) in [7, 11) is 0. The number of rotatable bonds is 13. The van der Waals surface area contributed by atoms with Gasteiger partial charge in [0.25, 0.3) is 0 Å². The molecule has 14 heteroatoms. The first kappa shape index (κ1) is 26.4. The van der Waals surface area contributed by atoms with E-state index in [-0.39, 0.29) is 24.7 Å². The number of hydrogen-bond acceptors (Lipinski definition) is 8. The molecule has 0 spiro atoms. The van der Waals surface area contributed by atoms with Crippen LogP contribution < -0.4 is 33.2 Å². The minimum absolute atomic E-state index is 0.0437. The highest BCUT2D eigenvalue weighted by Gasteiger charge is 2.30. The molecule has 0 aliphatic rings. The van der Waals surface area contributed by atoms with Crippen molar-refractivity contribution in [2.24, 2.45) is 22.2 Å². The highest BCUT2D eigenvalue weighted by Crippen LogP contribution is 2.02. The van der Waals surface area contributed by atoms with E-state index in [2.05, 4.69) is 33.6 Å². The van der Waals surface area contributed by atoms with Crippen molar-refractivity contribution in [1.29, 1.82) is 0 Å². The number of nitrogens with one attached hydrogen (secondary N) is 3. The van der Waals surface area contributed by atoms with Crippen LogP contribution in [0.1, 0.15) is 19.8 Å². The normalized spacial score (nSPS) is 14.6. The van der Waals surface area contributed by atoms with Gasteiger partial charge in [0.2, 0.25) is 17.7 Å². The first-order valence-electron chi connectivity index (χ1n) is 8.69. The number of carbonyl (C=O) groups is 4. The number of aliphatic carboxylic acids is 1. The van der Waals surface area contributed by atoms with E-state index in [4.69, 9.17) is 22.3 Å². The van der Waals surface area contributed by atoms with Crippen molar-refractivity contribution in [3.05, 3.63) is 0 Å². The van der Waals surface area contributed by atoms with Crippen molar-refractivity contribution in [2.75, 3.05) is 18.8 Å². The maximum Gasteiger partial charge on any atom is 0.322 e. The fourth-order valence-electron chi connectivity index (χ4n) is 2.07. The lowest BCUT2D eigenvalue weighted by atomic mass is 10.1. The van der Waals surface area contributed by atoms with E-state index in [1.54, 1.807) is 0 Å². The Morgan fingerprint density at radius 1 is 1.10 bits per heavy atom. The number of carboxylic acids is 1. The fourth-order valence-corrected chi connectivity index (χ4v) is 2.23. The number of carboxylic acid groups (broad SMARTS) is 1. The van der Waals surface area contributed by atoms with Crippen molar-refractivity contribution >= 4 is 42.3 Å². The molecular formula is C15H29N7O6S. The second kappa shape index (κ2) is 13.6. The number of aliphatic hydroxyl groups excluding tert-OH is 1. The zero-order chi connectivity index (χ0) is 22.6. The molecule has 0 rings (SSSR count). The molecule has 166 valence electrons. The van der Waals surface area contributed by atoms with Gasteiger partial charge in [-0.1, -0.05) is 0 Å². The van der Waals surface area contributed by atoms with Gasteiger partial charge in [-0.05, 0) is 19.8 Å². The zero-order valence-corrected chi connectivity index (χ0v) is 16.9. The van der Waals surface area contributed by atoms with Crippen LogP contribution in [0.4, 0.5) is 0 Å². The van der Waals surface area contributed by atoms with Crippen LogP contribution in [0.25, 0.3) is 0 Å². The smallest absolute Gasteiger partial charge is 0.322 e. The van der Waals surface area contributed by atoms with E-state index >= 15 is 0 Å². The van der Waals surface area contributed by atoms with Gasteiger partial charge in [0.1, 0.15) is 18.6 Å². The molecule has 0 heterocycles. The molecule has 0 fully saturated rings. The van der Waals surface area contributed by atoms with E-state index < -0.39 is 54.5 Å². The number of nitrogens with zero attached hydrogens (tertiary/aromatic N) is 1. The summed E-state index contributed by atoms with van der Waals surface area (Å²) in [5.74, 6) is -3.68. The van der Waals surface area contributed by atoms with E-state index in [1.165, 1.54) is 6.92 Å². The first-order valence-corrected chi connectivity index (χ1v) is 9.33. The monoisotopic (exact) mass is 435 g/mol. The largest absolute Gasteiger partial charge is 0.480 e. The quantitative estimate of drug-likeness (QED) is 0.0590. The predicted octanol–water partition coefficient (Wildman–Crippen LogP) is -4.15. The van der Waals surface area contributed by atoms with Gasteiger partial charge < -0.3 is 43.4 Å². The van der Waals surface area contributed by atoms with Crippen LogP contribution in [0.2, 0.25) is 0 Å². The summed E-state index contributed by atoms with van der Waals surface area (Å²) in [4.78, 5) is 51.0. The topological polar surface area (TPSA) is 235 Å². The van der Waals surface area contributed by atoms with Crippen LogP contribution >= 0.6 is 12.6 Å². The van der Waals surface area contributed by atoms with Crippen LogP contribution in [-0.4, -0.2) is 82.9 Å². The third kappa shape index (κ3) is 11.1. The molecule has 11 N–H and O–H groups in total. The molecule has 0 bridgehead atoms. The van der Waals surface area contributed by atoms with E-state index in [0.717, 1.165) is 0 Å². The summed E-state index contributed by atoms with van der Waals surface area (Å²) >= 11 is 3.92. The van der Waals surface area contributed by atoms with Gasteiger partial charge in [0, 0.05) is 12.3 Å². The van der Waals surface area contributed by atoms with Gasteiger partial charge in [0.05, 0.1) is 12.1 Å². The number of guanidine groups is 1. The number of nitrogens with two attached hydrogens (primary N) is 3. The van der Waals surface area contributed by atoms with Gasteiger partial charge in [-0.15, -0.1) is 0 Å². The van der Waals surface area contributed by atoms with Crippen molar-refractivity contribution in [1.82, 2.24) is 16.0 Å². The molecule has 0 aliphatic carbocycles. The molecule has 4 unspecified atom stereocenters. The Balaban J connectivity index is 5.19. The number of hydrogen-bond donors (Lipinski definition) is 9. The fraction of sp³-hybridized carbons (Fsp3) is 0.667. The molecule has 0 saturated heterocycles. The summed E-state index contributed by atoms with van der Waals surface area (Å²) in [6, 6.07) is -3.49. The molecule has 3 amide bonds. The Morgan fingerprint density at radius 2 is 1.72 bits per heavy atom. The van der Waals surface area contributed by atoms with Gasteiger partial charge in [0.15, 0.2) is 5.96 Å². The molecule has 0 saturated carbocycles. The van der Waals surface area contributed by atoms with Crippen molar-refractivity contribution in [2.45, 2.75) is 44.0 Å². The predicted molar refractivity (Wildman–Crippen MR) is 108 cm³/mol. The van der Waals surface area contributed by atoms with E-state index in [1.807, 2.05) is 0 Å². The summed E-state index contributed by atoms with van der Waals surface area (Å²) in [6.45, 7) is 0.751. The lowest BCUT2D eigenvalue weighted by Gasteiger charge is -2.25. The Hall–Kier alpha value is -2.58. The minimum Gasteiger partial charge on any atom is -0.480 e. The summed E-state index contributed by atoms with van der Waals surface area (Å²) < 4.78 is 0. The van der Waals surface area contributed by atoms with Crippen LogP contribution in [0.5, 0.6) is 0 Å². The molecule has 29 heavy (non-hydrogen) atoms. The number of aliphatic hydroxyl groups is 1. The summed E-state index contributed by atoms with van der Waals surface area (Å²) in [6.07, 6.45) is -0.904. The van der Waals surface area contributed by atoms with E-state index in [9.17, 15) is 24.3 Å². The Morgan fingerprint density at radius 3 is 2.21 bits per heavy atom. The molecule has 0 aromatic rings. The Labute approximate surface area is 173 Å². The highest BCUT2D eigenvalue weighted by molar-refractivity contribution is 7.80. The van der Waals surface area contributed by atoms with Crippen LogP contribution in [0.3, 0.4) is 0 Å². The maximum absolute atomic E-state index is 12.6. The average molecular weight is 436 g/mol. The second-order valence-corrected chi connectivity index (χ2v) is 6.50. The van der Waals surface area contributed by atoms with Gasteiger partial charge >= 0.3 is 5.97 Å². The number of thiol groups is 1. The lowest BCUT2D eigenvalue weighted by Crippen LogP contribution is -2.58. The lowest BCUT2D eigenvalue weighted by molar-refractivity contribution is -0.139. The molecule has 0 aromatic carbocycles.